The predicted octanol–water partition coefficient (Wildman–Crippen LogP) is 3.08. The summed E-state index contributed by atoms with van der Waals surface area (Å²) in [6.07, 6.45) is 3.69. The molecule has 2 heterocycles. The van der Waals surface area contributed by atoms with E-state index < -0.39 is 5.41 Å². The quantitative estimate of drug-likeness (QED) is 0.879. The number of halogens is 1. The molecule has 0 atom stereocenters. The minimum Gasteiger partial charge on any atom is -0.309 e. The van der Waals surface area contributed by atoms with Crippen LogP contribution in [0.1, 0.15) is 20.8 Å². The second kappa shape index (κ2) is 4.14. The van der Waals surface area contributed by atoms with Crippen LogP contribution in [0.5, 0.6) is 0 Å². The molecule has 0 saturated carbocycles. The van der Waals surface area contributed by atoms with Crippen molar-refractivity contribution in [1.82, 2.24) is 9.38 Å². The van der Waals surface area contributed by atoms with Crippen molar-refractivity contribution in [3.05, 3.63) is 29.0 Å². The van der Waals surface area contributed by atoms with Crippen LogP contribution < -0.4 is 5.32 Å². The van der Waals surface area contributed by atoms with Crippen LogP contribution in [0.25, 0.3) is 5.65 Å². The number of rotatable bonds is 1. The summed E-state index contributed by atoms with van der Waals surface area (Å²) < 4.78 is 2.83. The van der Waals surface area contributed by atoms with E-state index in [2.05, 4.69) is 26.2 Å². The lowest BCUT2D eigenvalue weighted by molar-refractivity contribution is -0.123. The molecule has 0 saturated heterocycles. The van der Waals surface area contributed by atoms with Crippen molar-refractivity contribution in [3.8, 4) is 0 Å². The lowest BCUT2D eigenvalue weighted by atomic mass is 9.96. The van der Waals surface area contributed by atoms with Gasteiger partial charge < -0.3 is 9.72 Å². The van der Waals surface area contributed by atoms with Gasteiger partial charge in [0.25, 0.3) is 0 Å². The molecular formula is C12H14BrN3O. The summed E-state index contributed by atoms with van der Waals surface area (Å²) in [6.45, 7) is 5.61. The Morgan fingerprint density at radius 3 is 2.71 bits per heavy atom. The topological polar surface area (TPSA) is 46.4 Å². The van der Waals surface area contributed by atoms with E-state index >= 15 is 0 Å². The van der Waals surface area contributed by atoms with Crippen LogP contribution >= 0.6 is 15.9 Å². The van der Waals surface area contributed by atoms with E-state index in [0.29, 0.717) is 5.82 Å². The van der Waals surface area contributed by atoms with Gasteiger partial charge in [0.15, 0.2) is 5.82 Å². The number of carbonyl (C=O) groups is 1. The van der Waals surface area contributed by atoms with Crippen molar-refractivity contribution < 1.29 is 4.79 Å². The fourth-order valence-corrected chi connectivity index (χ4v) is 1.68. The van der Waals surface area contributed by atoms with Crippen LogP contribution in [0.4, 0.5) is 5.82 Å². The van der Waals surface area contributed by atoms with E-state index in [1.807, 2.05) is 43.5 Å². The maximum absolute atomic E-state index is 11.8. The average Bonchev–Trinajstić information content (AvgIpc) is 2.57. The van der Waals surface area contributed by atoms with E-state index in [4.69, 9.17) is 0 Å². The Morgan fingerprint density at radius 1 is 1.35 bits per heavy atom. The van der Waals surface area contributed by atoms with Gasteiger partial charge in [0.05, 0.1) is 6.20 Å². The van der Waals surface area contributed by atoms with Gasteiger partial charge in [-0.05, 0) is 28.1 Å². The Morgan fingerprint density at radius 2 is 2.06 bits per heavy atom. The SMILES string of the molecule is CC(C)(C)C(=O)Nc1cn2cc(Br)ccc2n1. The van der Waals surface area contributed by atoms with Crippen molar-refractivity contribution in [2.24, 2.45) is 5.41 Å². The summed E-state index contributed by atoms with van der Waals surface area (Å²) in [5.41, 5.74) is 0.383. The van der Waals surface area contributed by atoms with Crippen LogP contribution in [-0.4, -0.2) is 15.3 Å². The smallest absolute Gasteiger partial charge is 0.230 e. The highest BCUT2D eigenvalue weighted by molar-refractivity contribution is 9.10. The molecule has 0 aliphatic rings. The second-order valence-electron chi connectivity index (χ2n) is 4.94. The summed E-state index contributed by atoms with van der Waals surface area (Å²) in [5.74, 6) is 0.531. The number of amides is 1. The third kappa shape index (κ3) is 2.66. The van der Waals surface area contributed by atoms with Gasteiger partial charge in [0.2, 0.25) is 5.91 Å². The minimum atomic E-state index is -0.420. The molecule has 1 N–H and O–H groups in total. The molecule has 0 spiro atoms. The van der Waals surface area contributed by atoms with Gasteiger partial charge in [-0.3, -0.25) is 4.79 Å². The average molecular weight is 296 g/mol. The zero-order valence-corrected chi connectivity index (χ0v) is 11.6. The zero-order valence-electron chi connectivity index (χ0n) is 9.99. The second-order valence-corrected chi connectivity index (χ2v) is 5.86. The summed E-state index contributed by atoms with van der Waals surface area (Å²) >= 11 is 3.39. The minimum absolute atomic E-state index is 0.0417. The number of fused-ring (bicyclic) bond motifs is 1. The molecule has 0 aliphatic heterocycles. The summed E-state index contributed by atoms with van der Waals surface area (Å²) in [4.78, 5) is 16.1. The number of nitrogens with zero attached hydrogens (tertiary/aromatic N) is 2. The summed E-state index contributed by atoms with van der Waals surface area (Å²) in [6, 6.07) is 3.80. The van der Waals surface area contributed by atoms with Gasteiger partial charge in [-0.15, -0.1) is 0 Å². The van der Waals surface area contributed by atoms with E-state index in [0.717, 1.165) is 10.1 Å². The Hall–Kier alpha value is -1.36. The number of hydrogen-bond acceptors (Lipinski definition) is 2. The van der Waals surface area contributed by atoms with Crippen LogP contribution in [0.15, 0.2) is 29.0 Å². The van der Waals surface area contributed by atoms with E-state index in [-0.39, 0.29) is 5.91 Å². The molecular weight excluding hydrogens is 282 g/mol. The first-order valence-corrected chi connectivity index (χ1v) is 6.11. The van der Waals surface area contributed by atoms with Gasteiger partial charge in [-0.2, -0.15) is 0 Å². The Bertz CT molecular complexity index is 569. The first-order chi connectivity index (χ1) is 7.86. The van der Waals surface area contributed by atoms with Crippen molar-refractivity contribution in [2.45, 2.75) is 20.8 Å². The molecule has 0 bridgehead atoms. The number of hydrogen-bond donors (Lipinski definition) is 1. The van der Waals surface area contributed by atoms with Gasteiger partial charge in [0, 0.05) is 16.1 Å². The Kier molecular flexibility index (Phi) is 2.95. The molecule has 0 radical (unpaired) electrons. The predicted molar refractivity (Wildman–Crippen MR) is 71.0 cm³/mol. The van der Waals surface area contributed by atoms with Crippen LogP contribution in [0.3, 0.4) is 0 Å². The molecule has 2 aromatic heterocycles. The van der Waals surface area contributed by atoms with Gasteiger partial charge in [0.1, 0.15) is 5.65 Å². The maximum Gasteiger partial charge on any atom is 0.230 e. The van der Waals surface area contributed by atoms with Crippen molar-refractivity contribution in [2.75, 3.05) is 5.32 Å². The van der Waals surface area contributed by atoms with Crippen molar-refractivity contribution >= 4 is 33.3 Å². The molecule has 2 aromatic rings. The van der Waals surface area contributed by atoms with Crippen LogP contribution in [0.2, 0.25) is 0 Å². The number of imidazole rings is 1. The lowest BCUT2D eigenvalue weighted by Crippen LogP contribution is -2.27. The van der Waals surface area contributed by atoms with Gasteiger partial charge >= 0.3 is 0 Å². The highest BCUT2D eigenvalue weighted by Gasteiger charge is 2.21. The molecule has 5 heteroatoms. The van der Waals surface area contributed by atoms with E-state index in [1.165, 1.54) is 0 Å². The third-order valence-electron chi connectivity index (χ3n) is 2.34. The van der Waals surface area contributed by atoms with E-state index in [9.17, 15) is 4.79 Å². The highest BCUT2D eigenvalue weighted by atomic mass is 79.9. The molecule has 0 aliphatic carbocycles. The standard InChI is InChI=1S/C12H14BrN3O/c1-12(2,3)11(17)15-9-7-16-6-8(13)4-5-10(16)14-9/h4-7H,1-3H3,(H,15,17). The number of anilines is 1. The normalized spacial score (nSPS) is 11.8. The molecule has 0 unspecified atom stereocenters. The maximum atomic E-state index is 11.8. The number of nitrogens with one attached hydrogen (secondary N) is 1. The van der Waals surface area contributed by atoms with Crippen LogP contribution in [0, 0.1) is 5.41 Å². The summed E-state index contributed by atoms with van der Waals surface area (Å²) in [7, 11) is 0. The fourth-order valence-electron chi connectivity index (χ4n) is 1.33. The number of aromatic nitrogens is 2. The number of carbonyl (C=O) groups excluding carboxylic acids is 1. The van der Waals surface area contributed by atoms with Gasteiger partial charge in [-0.1, -0.05) is 20.8 Å². The molecule has 17 heavy (non-hydrogen) atoms. The summed E-state index contributed by atoms with van der Waals surface area (Å²) in [5, 5.41) is 2.80. The highest BCUT2D eigenvalue weighted by Crippen LogP contribution is 2.18. The monoisotopic (exact) mass is 295 g/mol. The first-order valence-electron chi connectivity index (χ1n) is 5.32. The largest absolute Gasteiger partial charge is 0.309 e. The Labute approximate surface area is 108 Å². The Balaban J connectivity index is 2.29. The van der Waals surface area contributed by atoms with Crippen LogP contribution in [-0.2, 0) is 4.79 Å². The first kappa shape index (κ1) is 12.1. The lowest BCUT2D eigenvalue weighted by Gasteiger charge is -2.16. The molecule has 0 aromatic carbocycles. The van der Waals surface area contributed by atoms with Crippen molar-refractivity contribution in [1.29, 1.82) is 0 Å². The zero-order chi connectivity index (χ0) is 12.6. The van der Waals surface area contributed by atoms with Crippen molar-refractivity contribution in [3.63, 3.8) is 0 Å². The van der Waals surface area contributed by atoms with E-state index in [1.54, 1.807) is 6.20 Å². The molecule has 1 amide bonds. The molecule has 0 fully saturated rings. The number of pyridine rings is 1. The third-order valence-corrected chi connectivity index (χ3v) is 2.81. The van der Waals surface area contributed by atoms with Gasteiger partial charge in [-0.25, -0.2) is 4.98 Å². The molecule has 4 nitrogen and oxygen atoms in total. The molecule has 90 valence electrons. The fraction of sp³-hybridized carbons (Fsp3) is 0.333. The molecule has 2 rings (SSSR count).